The second kappa shape index (κ2) is 7.90. The van der Waals surface area contributed by atoms with Gasteiger partial charge in [-0.05, 0) is 36.8 Å². The Balaban J connectivity index is 1.71. The topological polar surface area (TPSA) is 76.8 Å². The summed E-state index contributed by atoms with van der Waals surface area (Å²) in [7, 11) is -3.13. The average molecular weight is 418 g/mol. The van der Waals surface area contributed by atoms with Gasteiger partial charge >= 0.3 is 0 Å². The Morgan fingerprint density at radius 3 is 2.73 bits per heavy atom. The molecule has 1 saturated heterocycles. The lowest BCUT2D eigenvalue weighted by Crippen LogP contribution is -2.43. The Bertz CT molecular complexity index is 883. The van der Waals surface area contributed by atoms with Crippen LogP contribution in [0.4, 0.5) is 0 Å². The quantitative estimate of drug-likeness (QED) is 0.720. The fraction of sp³-hybridized carbons (Fsp3) is 0.353. The minimum Gasteiger partial charge on any atom is -0.482 e. The highest BCUT2D eigenvalue weighted by molar-refractivity contribution is 7.91. The van der Waals surface area contributed by atoms with Gasteiger partial charge in [-0.1, -0.05) is 23.2 Å². The summed E-state index contributed by atoms with van der Waals surface area (Å²) in [5.74, 6) is 0.591. The van der Waals surface area contributed by atoms with Gasteiger partial charge in [0.05, 0.1) is 29.3 Å². The lowest BCUT2D eigenvalue weighted by molar-refractivity contribution is -0.136. The van der Waals surface area contributed by atoms with E-state index in [2.05, 4.69) is 0 Å². The van der Waals surface area contributed by atoms with Gasteiger partial charge in [0.2, 0.25) is 0 Å². The molecule has 1 aliphatic rings. The summed E-state index contributed by atoms with van der Waals surface area (Å²) in [5, 5.41) is 0.760. The molecule has 140 valence electrons. The molecular weight excluding hydrogens is 401 g/mol. The lowest BCUT2D eigenvalue weighted by atomic mass is 10.2. The van der Waals surface area contributed by atoms with Crippen LogP contribution in [-0.4, -0.2) is 43.4 Å². The molecule has 9 heteroatoms. The molecule has 0 saturated carbocycles. The molecule has 3 rings (SSSR count). The van der Waals surface area contributed by atoms with Crippen molar-refractivity contribution in [2.45, 2.75) is 19.0 Å². The number of rotatable bonds is 6. The molecule has 26 heavy (non-hydrogen) atoms. The molecule has 0 spiro atoms. The number of hydrogen-bond acceptors (Lipinski definition) is 5. The highest BCUT2D eigenvalue weighted by atomic mass is 35.5. The second-order valence-electron chi connectivity index (χ2n) is 6.02. The second-order valence-corrected chi connectivity index (χ2v) is 9.09. The van der Waals surface area contributed by atoms with Crippen LogP contribution in [0.25, 0.3) is 0 Å². The van der Waals surface area contributed by atoms with Crippen LogP contribution in [0.2, 0.25) is 10.0 Å². The average Bonchev–Trinajstić information content (AvgIpc) is 3.20. The van der Waals surface area contributed by atoms with Crippen LogP contribution in [0, 0.1) is 0 Å². The van der Waals surface area contributed by atoms with E-state index in [0.717, 1.165) is 0 Å². The summed E-state index contributed by atoms with van der Waals surface area (Å²) in [6, 6.07) is 7.76. The van der Waals surface area contributed by atoms with Gasteiger partial charge in [0.1, 0.15) is 11.5 Å². The molecule has 1 aliphatic heterocycles. The Morgan fingerprint density at radius 1 is 1.31 bits per heavy atom. The molecule has 2 heterocycles. The molecule has 0 bridgehead atoms. The van der Waals surface area contributed by atoms with Gasteiger partial charge < -0.3 is 14.1 Å². The number of nitrogens with zero attached hydrogens (tertiary/aromatic N) is 1. The largest absolute Gasteiger partial charge is 0.482 e. The number of carbonyl (C=O) groups is 1. The zero-order valence-electron chi connectivity index (χ0n) is 13.7. The first kappa shape index (κ1) is 19.1. The summed E-state index contributed by atoms with van der Waals surface area (Å²) in [6.45, 7) is -0.0810. The van der Waals surface area contributed by atoms with E-state index in [1.165, 1.54) is 17.2 Å². The number of furan rings is 1. The molecule has 1 amide bonds. The number of benzene rings is 1. The number of halogens is 2. The molecule has 0 radical (unpaired) electrons. The Kier molecular flexibility index (Phi) is 5.79. The monoisotopic (exact) mass is 417 g/mol. The normalized spacial score (nSPS) is 18.6. The van der Waals surface area contributed by atoms with E-state index in [-0.39, 0.29) is 30.6 Å². The smallest absolute Gasteiger partial charge is 0.261 e. The van der Waals surface area contributed by atoms with Crippen LogP contribution in [0.1, 0.15) is 12.2 Å². The third kappa shape index (κ3) is 4.72. The summed E-state index contributed by atoms with van der Waals surface area (Å²) in [4.78, 5) is 14.2. The molecule has 1 fully saturated rings. The minimum atomic E-state index is -3.13. The van der Waals surface area contributed by atoms with Crippen LogP contribution >= 0.6 is 23.2 Å². The van der Waals surface area contributed by atoms with E-state index in [9.17, 15) is 13.2 Å². The van der Waals surface area contributed by atoms with E-state index >= 15 is 0 Å². The molecule has 0 unspecified atom stereocenters. The van der Waals surface area contributed by atoms with Crippen molar-refractivity contribution in [3.8, 4) is 5.75 Å². The van der Waals surface area contributed by atoms with Crippen molar-refractivity contribution in [2.24, 2.45) is 0 Å². The van der Waals surface area contributed by atoms with Crippen molar-refractivity contribution >= 4 is 38.9 Å². The summed E-state index contributed by atoms with van der Waals surface area (Å²) < 4.78 is 34.4. The summed E-state index contributed by atoms with van der Waals surface area (Å²) in [5.41, 5.74) is 0. The van der Waals surface area contributed by atoms with E-state index < -0.39 is 15.9 Å². The molecule has 0 N–H and O–H groups in total. The molecule has 6 nitrogen and oxygen atoms in total. The molecule has 1 aromatic heterocycles. The van der Waals surface area contributed by atoms with Gasteiger partial charge in [-0.2, -0.15) is 0 Å². The first-order valence-corrected chi connectivity index (χ1v) is 10.5. The van der Waals surface area contributed by atoms with E-state index in [1.807, 2.05) is 0 Å². The molecule has 1 aromatic carbocycles. The number of hydrogen-bond donors (Lipinski definition) is 0. The maximum absolute atomic E-state index is 12.7. The zero-order chi connectivity index (χ0) is 18.7. The first-order chi connectivity index (χ1) is 12.3. The predicted molar refractivity (Wildman–Crippen MR) is 98.3 cm³/mol. The number of amides is 1. The van der Waals surface area contributed by atoms with Gasteiger partial charge in [-0.25, -0.2) is 8.42 Å². The van der Waals surface area contributed by atoms with Crippen LogP contribution in [0.15, 0.2) is 41.0 Å². The van der Waals surface area contributed by atoms with Crippen molar-refractivity contribution in [2.75, 3.05) is 18.1 Å². The van der Waals surface area contributed by atoms with Crippen molar-refractivity contribution in [3.05, 3.63) is 52.4 Å². The van der Waals surface area contributed by atoms with Crippen molar-refractivity contribution in [1.82, 2.24) is 4.90 Å². The Morgan fingerprint density at radius 2 is 2.12 bits per heavy atom. The molecule has 1 atom stereocenters. The van der Waals surface area contributed by atoms with Crippen LogP contribution in [0.3, 0.4) is 0 Å². The maximum atomic E-state index is 12.7. The van der Waals surface area contributed by atoms with Gasteiger partial charge in [-0.15, -0.1) is 0 Å². The van der Waals surface area contributed by atoms with Gasteiger partial charge in [0.25, 0.3) is 5.91 Å². The number of sulfone groups is 1. The predicted octanol–water partition coefficient (Wildman–Crippen LogP) is 3.18. The Labute approximate surface area is 161 Å². The van der Waals surface area contributed by atoms with Crippen LogP contribution in [0.5, 0.6) is 5.75 Å². The fourth-order valence-electron chi connectivity index (χ4n) is 2.83. The SMILES string of the molecule is O=C(COc1ccc(Cl)cc1Cl)N(Cc1ccco1)[C@@H]1CCS(=O)(=O)C1. The Hall–Kier alpha value is -1.70. The number of ether oxygens (including phenoxy) is 1. The highest BCUT2D eigenvalue weighted by Crippen LogP contribution is 2.28. The molecular formula is C17H17Cl2NO5S. The minimum absolute atomic E-state index is 0.0544. The zero-order valence-corrected chi connectivity index (χ0v) is 16.1. The summed E-state index contributed by atoms with van der Waals surface area (Å²) in [6.07, 6.45) is 1.91. The van der Waals surface area contributed by atoms with Crippen molar-refractivity contribution in [1.29, 1.82) is 0 Å². The van der Waals surface area contributed by atoms with E-state index in [4.69, 9.17) is 32.4 Å². The van der Waals surface area contributed by atoms with E-state index in [1.54, 1.807) is 24.3 Å². The standard InChI is InChI=1S/C17H17Cl2NO5S/c18-12-3-4-16(15(19)8-12)25-10-17(21)20(9-14-2-1-6-24-14)13-5-7-26(22,23)11-13/h1-4,6,8,13H,5,7,9-11H2/t13-/m1/s1. The maximum Gasteiger partial charge on any atom is 0.261 e. The molecule has 0 aliphatic carbocycles. The van der Waals surface area contributed by atoms with Crippen molar-refractivity contribution < 1.29 is 22.4 Å². The van der Waals surface area contributed by atoms with Crippen molar-refractivity contribution in [3.63, 3.8) is 0 Å². The first-order valence-electron chi connectivity index (χ1n) is 7.94. The van der Waals surface area contributed by atoms with Gasteiger partial charge in [0, 0.05) is 11.1 Å². The third-order valence-corrected chi connectivity index (χ3v) is 6.40. The lowest BCUT2D eigenvalue weighted by Gasteiger charge is -2.27. The number of carbonyl (C=O) groups excluding carboxylic acids is 1. The summed E-state index contributed by atoms with van der Waals surface area (Å²) >= 11 is 11.9. The highest BCUT2D eigenvalue weighted by Gasteiger charge is 2.35. The van der Waals surface area contributed by atoms with Crippen LogP contribution in [-0.2, 0) is 21.2 Å². The van der Waals surface area contributed by atoms with Gasteiger partial charge in [-0.3, -0.25) is 4.79 Å². The van der Waals surface area contributed by atoms with E-state index in [0.29, 0.717) is 28.0 Å². The van der Waals surface area contributed by atoms with Crippen LogP contribution < -0.4 is 4.74 Å². The molecule has 2 aromatic rings. The third-order valence-electron chi connectivity index (χ3n) is 4.12. The van der Waals surface area contributed by atoms with Gasteiger partial charge in [0.15, 0.2) is 16.4 Å². The fourth-order valence-corrected chi connectivity index (χ4v) is 5.02.